The molecule has 0 aliphatic heterocycles. The second kappa shape index (κ2) is 8.79. The molecule has 2 N–H and O–H groups in total. The average Bonchev–Trinajstić information content (AvgIpc) is 3.14. The van der Waals surface area contributed by atoms with Crippen LogP contribution in [0.1, 0.15) is 26.6 Å². The van der Waals surface area contributed by atoms with Crippen LogP contribution < -0.4 is 10.6 Å². The Morgan fingerprint density at radius 3 is 2.52 bits per heavy atom. The number of para-hydroxylation sites is 1. The number of halogens is 1. The topological polar surface area (TPSA) is 97.1 Å². The van der Waals surface area contributed by atoms with Gasteiger partial charge in [-0.15, -0.1) is 0 Å². The Kier molecular flexibility index (Phi) is 5.92. The number of carbonyl (C=O) groups excluding carboxylic acids is 2. The molecule has 2 heterocycles. The van der Waals surface area contributed by atoms with Crippen molar-refractivity contribution >= 4 is 57.5 Å². The molecule has 0 saturated heterocycles. The van der Waals surface area contributed by atoms with E-state index in [-0.39, 0.29) is 22.2 Å². The standard InChI is InChI=1S/C22H17ClN4O3S/c1-12-7-9-13(10-8-12)25-21(29)19-17(14-5-3-4-6-16(14)30-19)26-20(28)18-15(23)11-24-22(27-18)31-2/h3-11H,1-2H3,(H,25,29)(H,26,28). The Bertz CT molecular complexity index is 1290. The Morgan fingerprint density at radius 1 is 1.03 bits per heavy atom. The van der Waals surface area contributed by atoms with Gasteiger partial charge < -0.3 is 15.1 Å². The lowest BCUT2D eigenvalue weighted by Gasteiger charge is -2.08. The van der Waals surface area contributed by atoms with E-state index in [1.54, 1.807) is 42.7 Å². The van der Waals surface area contributed by atoms with Crippen LogP contribution in [0.4, 0.5) is 11.4 Å². The molecular formula is C22H17ClN4O3S. The van der Waals surface area contributed by atoms with Crippen molar-refractivity contribution < 1.29 is 14.0 Å². The summed E-state index contributed by atoms with van der Waals surface area (Å²) < 4.78 is 5.77. The zero-order valence-corrected chi connectivity index (χ0v) is 18.2. The number of anilines is 2. The van der Waals surface area contributed by atoms with E-state index in [1.165, 1.54) is 18.0 Å². The van der Waals surface area contributed by atoms with Crippen LogP contribution in [0.3, 0.4) is 0 Å². The van der Waals surface area contributed by atoms with E-state index in [0.29, 0.717) is 21.8 Å². The fourth-order valence-corrected chi connectivity index (χ4v) is 3.45. The molecule has 0 aliphatic rings. The van der Waals surface area contributed by atoms with E-state index in [1.807, 2.05) is 19.1 Å². The largest absolute Gasteiger partial charge is 0.449 e. The number of hydrogen-bond acceptors (Lipinski definition) is 6. The molecule has 0 bridgehead atoms. The third-order valence-electron chi connectivity index (χ3n) is 4.47. The van der Waals surface area contributed by atoms with Crippen molar-refractivity contribution in [2.75, 3.05) is 16.9 Å². The minimum absolute atomic E-state index is 0.0104. The first-order valence-corrected chi connectivity index (χ1v) is 10.8. The third-order valence-corrected chi connectivity index (χ3v) is 5.31. The molecule has 2 amide bonds. The lowest BCUT2D eigenvalue weighted by molar-refractivity contribution is 0.0999. The van der Waals surface area contributed by atoms with Gasteiger partial charge in [0.05, 0.1) is 11.2 Å². The van der Waals surface area contributed by atoms with E-state index in [4.69, 9.17) is 16.0 Å². The summed E-state index contributed by atoms with van der Waals surface area (Å²) in [7, 11) is 0. The lowest BCUT2D eigenvalue weighted by atomic mass is 10.2. The van der Waals surface area contributed by atoms with Crippen LogP contribution in [0, 0.1) is 6.92 Å². The number of nitrogens with one attached hydrogen (secondary N) is 2. The molecule has 0 aliphatic carbocycles. The first-order chi connectivity index (χ1) is 15.0. The Morgan fingerprint density at radius 2 is 1.77 bits per heavy atom. The van der Waals surface area contributed by atoms with Crippen LogP contribution in [0.15, 0.2) is 64.3 Å². The molecule has 4 aromatic rings. The SMILES string of the molecule is CSc1ncc(Cl)c(C(=O)Nc2c(C(=O)Nc3ccc(C)cc3)oc3ccccc23)n1. The number of aryl methyl sites for hydroxylation is 1. The van der Waals surface area contributed by atoms with Gasteiger partial charge in [-0.3, -0.25) is 9.59 Å². The highest BCUT2D eigenvalue weighted by Crippen LogP contribution is 2.32. The van der Waals surface area contributed by atoms with Crippen molar-refractivity contribution in [2.45, 2.75) is 12.1 Å². The summed E-state index contributed by atoms with van der Waals surface area (Å²) >= 11 is 7.42. The van der Waals surface area contributed by atoms with Crippen molar-refractivity contribution in [3.63, 3.8) is 0 Å². The van der Waals surface area contributed by atoms with Gasteiger partial charge in [-0.25, -0.2) is 9.97 Å². The van der Waals surface area contributed by atoms with Gasteiger partial charge >= 0.3 is 0 Å². The van der Waals surface area contributed by atoms with E-state index >= 15 is 0 Å². The number of amides is 2. The number of aromatic nitrogens is 2. The second-order valence-corrected chi connectivity index (χ2v) is 7.81. The molecule has 2 aromatic carbocycles. The van der Waals surface area contributed by atoms with E-state index in [9.17, 15) is 9.59 Å². The van der Waals surface area contributed by atoms with Gasteiger partial charge in [0, 0.05) is 11.1 Å². The number of benzene rings is 2. The first kappa shape index (κ1) is 20.9. The van der Waals surface area contributed by atoms with Crippen LogP contribution >= 0.6 is 23.4 Å². The smallest absolute Gasteiger partial charge is 0.293 e. The maximum Gasteiger partial charge on any atom is 0.293 e. The predicted molar refractivity (Wildman–Crippen MR) is 122 cm³/mol. The zero-order chi connectivity index (χ0) is 22.0. The molecule has 0 saturated carbocycles. The van der Waals surface area contributed by atoms with Crippen molar-refractivity contribution in [2.24, 2.45) is 0 Å². The molecule has 4 rings (SSSR count). The quantitative estimate of drug-likeness (QED) is 0.310. The van der Waals surface area contributed by atoms with Crippen LogP contribution in [0.5, 0.6) is 0 Å². The molecule has 0 fully saturated rings. The Labute approximate surface area is 187 Å². The number of nitrogens with zero attached hydrogens (tertiary/aromatic N) is 2. The van der Waals surface area contributed by atoms with Crippen molar-refractivity contribution in [3.05, 3.63) is 76.8 Å². The van der Waals surface area contributed by atoms with Crippen LogP contribution in [0.2, 0.25) is 5.02 Å². The van der Waals surface area contributed by atoms with E-state index in [2.05, 4.69) is 20.6 Å². The summed E-state index contributed by atoms with van der Waals surface area (Å²) in [6, 6.07) is 14.4. The highest BCUT2D eigenvalue weighted by atomic mass is 35.5. The molecule has 0 atom stereocenters. The number of fused-ring (bicyclic) bond motifs is 1. The number of thioether (sulfide) groups is 1. The Balaban J connectivity index is 1.70. The Hall–Kier alpha value is -3.36. The molecule has 0 radical (unpaired) electrons. The summed E-state index contributed by atoms with van der Waals surface area (Å²) in [6.45, 7) is 1.96. The van der Waals surface area contributed by atoms with Gasteiger partial charge in [-0.05, 0) is 37.4 Å². The van der Waals surface area contributed by atoms with E-state index in [0.717, 1.165) is 5.56 Å². The maximum absolute atomic E-state index is 13.0. The molecule has 0 unspecified atom stereocenters. The van der Waals surface area contributed by atoms with Crippen molar-refractivity contribution in [1.29, 1.82) is 0 Å². The molecule has 31 heavy (non-hydrogen) atoms. The molecule has 9 heteroatoms. The lowest BCUT2D eigenvalue weighted by Crippen LogP contribution is -2.18. The second-order valence-electron chi connectivity index (χ2n) is 6.63. The third kappa shape index (κ3) is 4.40. The van der Waals surface area contributed by atoms with Gasteiger partial charge in [0.2, 0.25) is 5.76 Å². The van der Waals surface area contributed by atoms with Crippen molar-refractivity contribution in [3.8, 4) is 0 Å². The van der Waals surface area contributed by atoms with Gasteiger partial charge in [0.1, 0.15) is 11.3 Å². The molecule has 0 spiro atoms. The summed E-state index contributed by atoms with van der Waals surface area (Å²) in [5, 5.41) is 6.63. The maximum atomic E-state index is 13.0. The number of rotatable bonds is 5. The van der Waals surface area contributed by atoms with Gasteiger partial charge in [0.15, 0.2) is 10.9 Å². The summed E-state index contributed by atoms with van der Waals surface area (Å²) in [5.74, 6) is -1.09. The molecule has 7 nitrogen and oxygen atoms in total. The molecular weight excluding hydrogens is 436 g/mol. The fourth-order valence-electron chi connectivity index (χ4n) is 2.94. The number of furan rings is 1. The highest BCUT2D eigenvalue weighted by molar-refractivity contribution is 7.98. The van der Waals surface area contributed by atoms with E-state index < -0.39 is 11.8 Å². The monoisotopic (exact) mass is 452 g/mol. The highest BCUT2D eigenvalue weighted by Gasteiger charge is 2.24. The minimum Gasteiger partial charge on any atom is -0.449 e. The van der Waals surface area contributed by atoms with Crippen LogP contribution in [-0.4, -0.2) is 28.0 Å². The van der Waals surface area contributed by atoms with Crippen LogP contribution in [0.25, 0.3) is 11.0 Å². The normalized spacial score (nSPS) is 10.8. The molecule has 2 aromatic heterocycles. The fraction of sp³-hybridized carbons (Fsp3) is 0.0909. The summed E-state index contributed by atoms with van der Waals surface area (Å²) in [4.78, 5) is 34.1. The average molecular weight is 453 g/mol. The summed E-state index contributed by atoms with van der Waals surface area (Å²) in [5.41, 5.74) is 2.39. The number of hydrogen-bond donors (Lipinski definition) is 2. The predicted octanol–water partition coefficient (Wildman–Crippen LogP) is 5.41. The van der Waals surface area contributed by atoms with Crippen molar-refractivity contribution in [1.82, 2.24) is 9.97 Å². The van der Waals surface area contributed by atoms with Gasteiger partial charge in [-0.1, -0.05) is 53.2 Å². The zero-order valence-electron chi connectivity index (χ0n) is 16.6. The minimum atomic E-state index is -0.571. The van der Waals surface area contributed by atoms with Crippen LogP contribution in [-0.2, 0) is 0 Å². The number of carbonyl (C=O) groups is 2. The molecule has 156 valence electrons. The van der Waals surface area contributed by atoms with Gasteiger partial charge in [-0.2, -0.15) is 0 Å². The van der Waals surface area contributed by atoms with Gasteiger partial charge in [0.25, 0.3) is 11.8 Å². The summed E-state index contributed by atoms with van der Waals surface area (Å²) in [6.07, 6.45) is 3.16. The first-order valence-electron chi connectivity index (χ1n) is 9.23.